The summed E-state index contributed by atoms with van der Waals surface area (Å²) in [7, 11) is 3.30. The summed E-state index contributed by atoms with van der Waals surface area (Å²) in [6.07, 6.45) is 5.08. The smallest absolute Gasteiger partial charge is 0.191 e. The van der Waals surface area contributed by atoms with Crippen LogP contribution in [0.1, 0.15) is 25.3 Å². The summed E-state index contributed by atoms with van der Waals surface area (Å²) in [5.41, 5.74) is 2.64. The number of rotatable bonds is 9. The third-order valence-electron chi connectivity index (χ3n) is 4.26. The molecular formula is C20H32IN3O3. The van der Waals surface area contributed by atoms with E-state index in [-0.39, 0.29) is 24.0 Å². The Morgan fingerprint density at radius 2 is 1.96 bits per heavy atom. The maximum absolute atomic E-state index is 5.36. The average molecular weight is 489 g/mol. The molecule has 1 aliphatic heterocycles. The molecule has 0 saturated heterocycles. The molecule has 1 aliphatic rings. The largest absolute Gasteiger partial charge is 0.493 e. The molecule has 0 saturated carbocycles. The van der Waals surface area contributed by atoms with Crippen LogP contribution in [0.25, 0.3) is 0 Å². The lowest BCUT2D eigenvalue weighted by atomic mass is 10.1. The van der Waals surface area contributed by atoms with Crippen molar-refractivity contribution in [1.29, 1.82) is 0 Å². The lowest BCUT2D eigenvalue weighted by Gasteiger charge is -2.14. The van der Waals surface area contributed by atoms with Gasteiger partial charge in [0.1, 0.15) is 0 Å². The van der Waals surface area contributed by atoms with E-state index in [2.05, 4.69) is 34.7 Å². The number of guanidine groups is 1. The van der Waals surface area contributed by atoms with Crippen molar-refractivity contribution in [3.8, 4) is 11.5 Å². The molecule has 0 amide bonds. The summed E-state index contributed by atoms with van der Waals surface area (Å²) >= 11 is 0. The Hall–Kier alpha value is -1.48. The van der Waals surface area contributed by atoms with Gasteiger partial charge in [0.15, 0.2) is 17.5 Å². The van der Waals surface area contributed by atoms with Gasteiger partial charge in [0.05, 0.1) is 27.4 Å². The molecular weight excluding hydrogens is 457 g/mol. The molecule has 0 unspecified atom stereocenters. The van der Waals surface area contributed by atoms with E-state index in [0.717, 1.165) is 69.6 Å². The number of nitrogens with one attached hydrogen (secondary N) is 2. The first-order chi connectivity index (χ1) is 12.8. The first kappa shape index (κ1) is 23.6. The van der Waals surface area contributed by atoms with Gasteiger partial charge in [-0.1, -0.05) is 17.7 Å². The Bertz CT molecular complexity index is 620. The van der Waals surface area contributed by atoms with Crippen molar-refractivity contribution >= 4 is 29.9 Å². The van der Waals surface area contributed by atoms with E-state index in [1.807, 2.05) is 12.1 Å². The zero-order valence-corrected chi connectivity index (χ0v) is 18.9. The number of methoxy groups -OCH3 is 2. The summed E-state index contributed by atoms with van der Waals surface area (Å²) in [5.74, 6) is 2.37. The van der Waals surface area contributed by atoms with Crippen molar-refractivity contribution < 1.29 is 14.2 Å². The quantitative estimate of drug-likeness (QED) is 0.242. The minimum absolute atomic E-state index is 0. The minimum atomic E-state index is 0. The second-order valence-electron chi connectivity index (χ2n) is 6.06. The zero-order valence-electron chi connectivity index (χ0n) is 16.5. The van der Waals surface area contributed by atoms with Crippen LogP contribution in [-0.4, -0.2) is 53.0 Å². The first-order valence-corrected chi connectivity index (χ1v) is 9.25. The average Bonchev–Trinajstić information content (AvgIpc) is 2.68. The van der Waals surface area contributed by atoms with Gasteiger partial charge in [0.25, 0.3) is 0 Å². The van der Waals surface area contributed by atoms with E-state index in [1.165, 1.54) is 11.1 Å². The van der Waals surface area contributed by atoms with Gasteiger partial charge in [-0.3, -0.25) is 4.99 Å². The van der Waals surface area contributed by atoms with E-state index < -0.39 is 0 Å². The Labute approximate surface area is 179 Å². The highest BCUT2D eigenvalue weighted by atomic mass is 127. The van der Waals surface area contributed by atoms with Crippen LogP contribution in [0.15, 0.2) is 34.8 Å². The summed E-state index contributed by atoms with van der Waals surface area (Å²) in [6.45, 7) is 6.09. The van der Waals surface area contributed by atoms with Gasteiger partial charge in [0.2, 0.25) is 0 Å². The maximum atomic E-state index is 5.36. The van der Waals surface area contributed by atoms with E-state index >= 15 is 0 Å². The highest BCUT2D eigenvalue weighted by molar-refractivity contribution is 14.0. The summed E-state index contributed by atoms with van der Waals surface area (Å²) in [5, 5.41) is 6.69. The van der Waals surface area contributed by atoms with E-state index in [0.29, 0.717) is 0 Å². The van der Waals surface area contributed by atoms with Gasteiger partial charge in [0, 0.05) is 19.6 Å². The van der Waals surface area contributed by atoms with Gasteiger partial charge in [-0.05, 0) is 43.9 Å². The van der Waals surface area contributed by atoms with Crippen molar-refractivity contribution in [1.82, 2.24) is 10.6 Å². The first-order valence-electron chi connectivity index (χ1n) is 9.25. The second kappa shape index (κ2) is 13.7. The monoisotopic (exact) mass is 489 g/mol. The standard InChI is InChI=1S/C20H31N3O3.HI/c1-4-21-20(22-11-7-16-9-13-26-14-10-16)23-12-8-17-5-6-18(24-2)19(15-17)25-3;/h5-6,9,15H,4,7-8,10-14H2,1-3H3,(H2,21,22,23);1H. The number of hydrogen-bond acceptors (Lipinski definition) is 4. The Balaban J connectivity index is 0.00000364. The molecule has 0 fully saturated rings. The van der Waals surface area contributed by atoms with E-state index in [1.54, 1.807) is 14.2 Å². The molecule has 1 heterocycles. The third kappa shape index (κ3) is 8.38. The van der Waals surface area contributed by atoms with Crippen LogP contribution >= 0.6 is 24.0 Å². The predicted molar refractivity (Wildman–Crippen MR) is 121 cm³/mol. The van der Waals surface area contributed by atoms with Crippen LogP contribution in [0.5, 0.6) is 11.5 Å². The highest BCUT2D eigenvalue weighted by Gasteiger charge is 2.06. The van der Waals surface area contributed by atoms with Crippen molar-refractivity contribution in [2.75, 3.05) is 47.1 Å². The van der Waals surface area contributed by atoms with Crippen molar-refractivity contribution in [3.63, 3.8) is 0 Å². The van der Waals surface area contributed by atoms with Gasteiger partial charge in [-0.25, -0.2) is 0 Å². The molecule has 1 aromatic carbocycles. The molecule has 0 aromatic heterocycles. The third-order valence-corrected chi connectivity index (χ3v) is 4.26. The Kier molecular flexibility index (Phi) is 11.9. The topological polar surface area (TPSA) is 64.1 Å². The summed E-state index contributed by atoms with van der Waals surface area (Å²) in [4.78, 5) is 4.67. The summed E-state index contributed by atoms with van der Waals surface area (Å²) in [6, 6.07) is 6.02. The van der Waals surface area contributed by atoms with E-state index in [9.17, 15) is 0 Å². The number of hydrogen-bond donors (Lipinski definition) is 2. The molecule has 0 radical (unpaired) electrons. The molecule has 0 spiro atoms. The van der Waals surface area contributed by atoms with Crippen LogP contribution in [0.4, 0.5) is 0 Å². The number of aliphatic imine (C=N–C) groups is 1. The Morgan fingerprint density at radius 1 is 1.15 bits per heavy atom. The molecule has 1 aromatic rings. The number of halogens is 1. The maximum Gasteiger partial charge on any atom is 0.191 e. The zero-order chi connectivity index (χ0) is 18.6. The van der Waals surface area contributed by atoms with Gasteiger partial charge >= 0.3 is 0 Å². The van der Waals surface area contributed by atoms with Crippen LogP contribution in [-0.2, 0) is 11.2 Å². The Morgan fingerprint density at radius 3 is 2.63 bits per heavy atom. The molecule has 6 nitrogen and oxygen atoms in total. The van der Waals surface area contributed by atoms with Crippen LogP contribution in [0.2, 0.25) is 0 Å². The fourth-order valence-corrected chi connectivity index (χ4v) is 2.81. The number of benzene rings is 1. The molecule has 0 bridgehead atoms. The highest BCUT2D eigenvalue weighted by Crippen LogP contribution is 2.27. The van der Waals surface area contributed by atoms with Crippen LogP contribution < -0.4 is 20.1 Å². The number of ether oxygens (including phenoxy) is 3. The summed E-state index contributed by atoms with van der Waals surface area (Å²) < 4.78 is 16.0. The van der Waals surface area contributed by atoms with Crippen molar-refractivity contribution in [2.24, 2.45) is 4.99 Å². The molecule has 27 heavy (non-hydrogen) atoms. The molecule has 7 heteroatoms. The number of nitrogens with zero attached hydrogens (tertiary/aromatic N) is 1. The molecule has 152 valence electrons. The fourth-order valence-electron chi connectivity index (χ4n) is 2.81. The SMILES string of the molecule is CCNC(=NCCC1=CCOCC1)NCCc1ccc(OC)c(OC)c1.I. The molecule has 2 N–H and O–H groups in total. The lowest BCUT2D eigenvalue weighted by molar-refractivity contribution is 0.153. The van der Waals surface area contributed by atoms with E-state index in [4.69, 9.17) is 14.2 Å². The minimum Gasteiger partial charge on any atom is -0.493 e. The predicted octanol–water partition coefficient (Wildman–Crippen LogP) is 3.16. The van der Waals surface area contributed by atoms with Crippen molar-refractivity contribution in [3.05, 3.63) is 35.4 Å². The van der Waals surface area contributed by atoms with Gasteiger partial charge in [-0.15, -0.1) is 24.0 Å². The lowest BCUT2D eigenvalue weighted by Crippen LogP contribution is -2.38. The van der Waals surface area contributed by atoms with Crippen LogP contribution in [0, 0.1) is 0 Å². The molecule has 2 rings (SSSR count). The van der Waals surface area contributed by atoms with Gasteiger partial charge < -0.3 is 24.8 Å². The molecule has 0 atom stereocenters. The van der Waals surface area contributed by atoms with Crippen molar-refractivity contribution in [2.45, 2.75) is 26.2 Å². The van der Waals surface area contributed by atoms with Gasteiger partial charge in [-0.2, -0.15) is 0 Å². The normalized spacial score (nSPS) is 14.0. The second-order valence-corrected chi connectivity index (χ2v) is 6.06. The van der Waals surface area contributed by atoms with Crippen LogP contribution in [0.3, 0.4) is 0 Å². The fraction of sp³-hybridized carbons (Fsp3) is 0.550. The molecule has 0 aliphatic carbocycles.